The SMILES string of the molecule is Cc1ccccc1-c1c(C)ccc2c1C=C(c1ccccc1)[CH]2[Zr]([Cl])([Cl])([CH]1C(c2ccccc2)=Cc2c1ccc(C)c2-c1ccccc1C)[SiH](C)C. The van der Waals surface area contributed by atoms with Gasteiger partial charge < -0.3 is 0 Å². The predicted octanol–water partition coefficient (Wildman–Crippen LogP) is 14.1. The molecule has 0 radical (unpaired) electrons. The van der Waals surface area contributed by atoms with Crippen LogP contribution in [0.25, 0.3) is 45.6 Å². The van der Waals surface area contributed by atoms with Crippen molar-refractivity contribution in [3.05, 3.63) is 189 Å². The zero-order valence-electron chi connectivity index (χ0n) is 30.8. The Morgan fingerprint density at radius 3 is 1.17 bits per heavy atom. The summed E-state index contributed by atoms with van der Waals surface area (Å²) in [7, 11) is 18.0. The molecule has 4 heteroatoms. The van der Waals surface area contributed by atoms with Gasteiger partial charge in [0.2, 0.25) is 0 Å². The third-order valence-corrected chi connectivity index (χ3v) is 63.6. The second-order valence-corrected chi connectivity index (χ2v) is 57.8. The molecular formula is C48H45Cl2SiZr. The molecule has 0 amide bonds. The van der Waals surface area contributed by atoms with Gasteiger partial charge in [-0.15, -0.1) is 0 Å². The fraction of sp³-hybridized carbons (Fsp3) is 0.167. The van der Waals surface area contributed by atoms with E-state index >= 15 is 0 Å². The molecule has 0 aromatic heterocycles. The zero-order valence-corrected chi connectivity index (χ0v) is 36.0. The van der Waals surface area contributed by atoms with Gasteiger partial charge in [-0.05, 0) is 0 Å². The molecule has 0 bridgehead atoms. The van der Waals surface area contributed by atoms with Gasteiger partial charge in [0, 0.05) is 0 Å². The van der Waals surface area contributed by atoms with Crippen molar-refractivity contribution < 1.29 is 15.6 Å². The van der Waals surface area contributed by atoms with E-state index in [1.807, 2.05) is 0 Å². The molecule has 0 aliphatic heterocycles. The number of fused-ring (bicyclic) bond motifs is 2. The molecule has 0 fully saturated rings. The van der Waals surface area contributed by atoms with Crippen LogP contribution in [-0.2, 0) is 15.6 Å². The van der Waals surface area contributed by atoms with E-state index in [0.717, 1.165) is 0 Å². The van der Waals surface area contributed by atoms with E-state index < -0.39 is 21.5 Å². The van der Waals surface area contributed by atoms with E-state index in [2.05, 4.69) is 186 Å². The number of halogens is 2. The Bertz CT molecular complexity index is 2260. The van der Waals surface area contributed by atoms with Crippen LogP contribution in [0.3, 0.4) is 0 Å². The van der Waals surface area contributed by atoms with Gasteiger partial charge in [-0.1, -0.05) is 0 Å². The summed E-state index contributed by atoms with van der Waals surface area (Å²) in [5, 5.41) is 0. The molecular weight excluding hydrogens is 767 g/mol. The number of rotatable bonds is 7. The van der Waals surface area contributed by atoms with Gasteiger partial charge in [0.05, 0.1) is 0 Å². The average molecular weight is 812 g/mol. The van der Waals surface area contributed by atoms with Crippen LogP contribution in [0, 0.1) is 27.7 Å². The van der Waals surface area contributed by atoms with Crippen LogP contribution in [0.1, 0.15) is 62.9 Å². The van der Waals surface area contributed by atoms with Gasteiger partial charge in [0.1, 0.15) is 0 Å². The van der Waals surface area contributed by atoms with Gasteiger partial charge in [-0.2, -0.15) is 0 Å². The van der Waals surface area contributed by atoms with Crippen LogP contribution < -0.4 is 0 Å². The molecule has 0 saturated heterocycles. The summed E-state index contributed by atoms with van der Waals surface area (Å²) < 4.78 is -0.160. The van der Waals surface area contributed by atoms with E-state index in [0.29, 0.717) is 0 Å². The van der Waals surface area contributed by atoms with Crippen LogP contribution in [0.5, 0.6) is 0 Å². The van der Waals surface area contributed by atoms with Gasteiger partial charge in [0.25, 0.3) is 0 Å². The quantitative estimate of drug-likeness (QED) is 0.141. The molecule has 8 rings (SSSR count). The van der Waals surface area contributed by atoms with Crippen molar-refractivity contribution in [2.24, 2.45) is 0 Å². The molecule has 0 spiro atoms. The first-order valence-corrected chi connectivity index (χ1v) is 34.8. The van der Waals surface area contributed by atoms with Gasteiger partial charge >= 0.3 is 321 Å². The number of benzene rings is 6. The minimum atomic E-state index is -5.20. The van der Waals surface area contributed by atoms with E-state index in [1.54, 1.807) is 0 Å². The number of hydrogen-bond donors (Lipinski definition) is 0. The van der Waals surface area contributed by atoms with Gasteiger partial charge in [-0.25, -0.2) is 0 Å². The van der Waals surface area contributed by atoms with Crippen molar-refractivity contribution in [1.29, 1.82) is 0 Å². The Labute approximate surface area is 318 Å². The standard InChI is InChI=1S/2C23H19.C2H7Si.2ClH.Zr/c2*1-16-8-6-7-11-21(16)23-17(2)12-13-19-14-20(15-22(19)23)18-9-4-3-5-10-18;1-3-2;;;/h2*3-15H,1-2H3;3H,1-2H3;2*1H;/q;;;;;+2/p-2. The second kappa shape index (κ2) is 13.4. The minimum absolute atomic E-state index is 0.0801. The Morgan fingerprint density at radius 1 is 0.442 bits per heavy atom. The molecule has 2 unspecified atom stereocenters. The van der Waals surface area contributed by atoms with Crippen molar-refractivity contribution in [2.45, 2.75) is 48.0 Å². The van der Waals surface area contributed by atoms with Crippen molar-refractivity contribution in [3.8, 4) is 22.3 Å². The first-order valence-electron chi connectivity index (χ1n) is 18.5. The first kappa shape index (κ1) is 35.5. The van der Waals surface area contributed by atoms with E-state index in [9.17, 15) is 0 Å². The maximum atomic E-state index is 8.98. The summed E-state index contributed by atoms with van der Waals surface area (Å²) in [6.07, 6.45) is 4.93. The number of aryl methyl sites for hydroxylation is 4. The Balaban J connectivity index is 1.47. The summed E-state index contributed by atoms with van der Waals surface area (Å²) in [4.78, 5) is 0. The molecule has 6 aromatic carbocycles. The molecule has 2 atom stereocenters. The molecule has 6 aromatic rings. The molecule has 2 aliphatic carbocycles. The van der Waals surface area contributed by atoms with E-state index in [4.69, 9.17) is 17.0 Å². The third-order valence-electron chi connectivity index (χ3n) is 12.1. The summed E-state index contributed by atoms with van der Waals surface area (Å²) in [6, 6.07) is 48.8. The third kappa shape index (κ3) is 5.48. The summed E-state index contributed by atoms with van der Waals surface area (Å²) in [5.41, 5.74) is 20.4. The van der Waals surface area contributed by atoms with Crippen LogP contribution in [0.4, 0.5) is 0 Å². The summed E-state index contributed by atoms with van der Waals surface area (Å²) >= 11 is -5.20. The van der Waals surface area contributed by atoms with Crippen LogP contribution in [0.2, 0.25) is 13.1 Å². The predicted molar refractivity (Wildman–Crippen MR) is 227 cm³/mol. The monoisotopic (exact) mass is 809 g/mol. The topological polar surface area (TPSA) is 0 Å². The molecule has 0 nitrogen and oxygen atoms in total. The second-order valence-electron chi connectivity index (χ2n) is 15.3. The number of allylic oxidation sites excluding steroid dienone is 2. The molecule has 0 N–H and O–H groups in total. The van der Waals surface area contributed by atoms with Gasteiger partial charge in [0.15, 0.2) is 0 Å². The Hall–Kier alpha value is -3.52. The summed E-state index contributed by atoms with van der Waals surface area (Å²) in [6.45, 7) is 13.8. The fourth-order valence-electron chi connectivity index (χ4n) is 9.32. The van der Waals surface area contributed by atoms with Crippen molar-refractivity contribution in [2.75, 3.05) is 0 Å². The fourth-order valence-corrected chi connectivity index (χ4v) is 39.4. The van der Waals surface area contributed by atoms with E-state index in [1.165, 1.54) is 89.0 Å². The molecule has 2 aliphatic rings. The molecule has 52 heavy (non-hydrogen) atoms. The van der Waals surface area contributed by atoms with Gasteiger partial charge in [-0.3, -0.25) is 0 Å². The molecule has 0 saturated carbocycles. The maximum absolute atomic E-state index is 8.98. The number of hydrogen-bond acceptors (Lipinski definition) is 0. The van der Waals surface area contributed by atoms with Crippen LogP contribution in [0.15, 0.2) is 133 Å². The van der Waals surface area contributed by atoms with E-state index in [-0.39, 0.29) is 7.25 Å². The van der Waals surface area contributed by atoms with Crippen LogP contribution in [-0.4, -0.2) is 5.92 Å². The normalized spacial score (nSPS) is 17.3. The van der Waals surface area contributed by atoms with Crippen molar-refractivity contribution in [1.82, 2.24) is 0 Å². The Kier molecular flexibility index (Phi) is 9.15. The van der Waals surface area contributed by atoms with Crippen molar-refractivity contribution >= 4 is 46.2 Å². The summed E-state index contributed by atoms with van der Waals surface area (Å²) in [5.74, 6) is -1.83. The van der Waals surface area contributed by atoms with Crippen LogP contribution >= 0.6 is 17.0 Å². The average Bonchev–Trinajstić information content (AvgIpc) is 3.74. The molecule has 0 heterocycles. The zero-order chi connectivity index (χ0) is 36.4. The molecule has 259 valence electrons. The van der Waals surface area contributed by atoms with Crippen molar-refractivity contribution in [3.63, 3.8) is 0 Å². The Morgan fingerprint density at radius 2 is 0.808 bits per heavy atom. The first-order chi connectivity index (χ1) is 25.0.